The first kappa shape index (κ1) is 30.4. The molecule has 0 saturated carbocycles. The van der Waals surface area contributed by atoms with E-state index in [-0.39, 0.29) is 23.8 Å². The Hall–Kier alpha value is -4.05. The monoisotopic (exact) mass is 625 g/mol. The van der Waals surface area contributed by atoms with Gasteiger partial charge in [0.15, 0.2) is 33.1 Å². The number of carbonyl (C=O) groups excluding carboxylic acids is 1. The van der Waals surface area contributed by atoms with Crippen LogP contribution >= 0.6 is 11.3 Å². The molecule has 0 bridgehead atoms. The van der Waals surface area contributed by atoms with E-state index in [1.54, 1.807) is 30.6 Å². The van der Waals surface area contributed by atoms with Crippen LogP contribution in [0.3, 0.4) is 0 Å². The summed E-state index contributed by atoms with van der Waals surface area (Å²) in [6, 6.07) is 11.1. The molecule has 0 unspecified atom stereocenters. The van der Waals surface area contributed by atoms with Crippen molar-refractivity contribution in [1.29, 1.82) is 0 Å². The number of benzene rings is 1. The molecular formula is C28H31N7O6S2. The highest BCUT2D eigenvalue weighted by molar-refractivity contribution is 7.92. The van der Waals surface area contributed by atoms with E-state index in [2.05, 4.69) is 42.2 Å². The van der Waals surface area contributed by atoms with Gasteiger partial charge in [-0.25, -0.2) is 28.4 Å². The van der Waals surface area contributed by atoms with Crippen LogP contribution in [0.15, 0.2) is 64.9 Å². The maximum Gasteiger partial charge on any atom is 0.280 e. The number of nitrogens with one attached hydrogen (secondary N) is 1. The van der Waals surface area contributed by atoms with Crippen LogP contribution in [0.5, 0.6) is 5.88 Å². The van der Waals surface area contributed by atoms with Gasteiger partial charge in [0, 0.05) is 37.2 Å². The van der Waals surface area contributed by atoms with Gasteiger partial charge < -0.3 is 19.2 Å². The van der Waals surface area contributed by atoms with Crippen LogP contribution in [-0.2, 0) is 30.8 Å². The van der Waals surface area contributed by atoms with E-state index in [1.165, 1.54) is 35.6 Å². The second-order valence-corrected chi connectivity index (χ2v) is 12.8. The van der Waals surface area contributed by atoms with Crippen LogP contribution < -0.4 is 10.1 Å². The highest BCUT2D eigenvalue weighted by atomic mass is 32.2. The van der Waals surface area contributed by atoms with Gasteiger partial charge in [-0.05, 0) is 44.3 Å². The summed E-state index contributed by atoms with van der Waals surface area (Å²) in [5, 5.41) is 6.53. The third-order valence-electron chi connectivity index (χ3n) is 6.68. The number of rotatable bonds is 13. The normalized spacial score (nSPS) is 15.6. The molecule has 43 heavy (non-hydrogen) atoms. The number of nitrogens with zero attached hydrogens (tertiary/aromatic N) is 6. The highest BCUT2D eigenvalue weighted by Gasteiger charge is 2.31. The first-order valence-corrected chi connectivity index (χ1v) is 16.0. The van der Waals surface area contributed by atoms with Gasteiger partial charge in [-0.1, -0.05) is 35.5 Å². The van der Waals surface area contributed by atoms with E-state index in [0.29, 0.717) is 52.4 Å². The van der Waals surface area contributed by atoms with Crippen molar-refractivity contribution in [3.8, 4) is 5.88 Å². The second kappa shape index (κ2) is 13.9. The zero-order valence-electron chi connectivity index (χ0n) is 23.7. The number of anilines is 1. The molecule has 3 aromatic heterocycles. The molecule has 4 heterocycles. The predicted molar refractivity (Wildman–Crippen MR) is 161 cm³/mol. The van der Waals surface area contributed by atoms with Crippen molar-refractivity contribution in [2.24, 2.45) is 5.16 Å². The molecule has 15 heteroatoms. The average molecular weight is 626 g/mol. The summed E-state index contributed by atoms with van der Waals surface area (Å²) in [4.78, 5) is 38.9. The Morgan fingerprint density at radius 1 is 1.16 bits per heavy atom. The molecule has 0 aliphatic carbocycles. The van der Waals surface area contributed by atoms with Crippen molar-refractivity contribution in [3.63, 3.8) is 0 Å². The number of carbonyl (C=O) groups is 1. The SMILES string of the molecule is CCN(C)CCOc1ccc2nc(NC(=O)/C(=N/OCc3ncccn3)c3ccc(S(=O)(=O)[C@H]4CCOC4)cc3)sc2n1. The van der Waals surface area contributed by atoms with Crippen LogP contribution in [0.25, 0.3) is 10.3 Å². The molecule has 1 aliphatic heterocycles. The minimum absolute atomic E-state index is 0.0757. The molecule has 13 nitrogen and oxygen atoms in total. The maximum absolute atomic E-state index is 13.5. The van der Waals surface area contributed by atoms with Crippen LogP contribution in [0.1, 0.15) is 24.7 Å². The van der Waals surface area contributed by atoms with Crippen molar-refractivity contribution in [2.45, 2.75) is 30.1 Å². The van der Waals surface area contributed by atoms with E-state index < -0.39 is 21.0 Å². The summed E-state index contributed by atoms with van der Waals surface area (Å²) < 4.78 is 37.0. The number of hydrogen-bond acceptors (Lipinski definition) is 13. The number of oxime groups is 1. The quantitative estimate of drug-likeness (QED) is 0.172. The summed E-state index contributed by atoms with van der Waals surface area (Å²) >= 11 is 1.19. The lowest BCUT2D eigenvalue weighted by Crippen LogP contribution is -2.25. The van der Waals surface area contributed by atoms with Crippen molar-refractivity contribution in [3.05, 3.63) is 66.2 Å². The van der Waals surface area contributed by atoms with Crippen LogP contribution in [0.4, 0.5) is 5.13 Å². The molecule has 1 aliphatic rings. The molecule has 0 spiro atoms. The van der Waals surface area contributed by atoms with E-state index in [9.17, 15) is 13.2 Å². The number of pyridine rings is 1. The number of likely N-dealkylation sites (N-methyl/N-ethyl adjacent to an activating group) is 1. The van der Waals surface area contributed by atoms with Gasteiger partial charge in [-0.2, -0.15) is 0 Å². The Morgan fingerprint density at radius 3 is 2.67 bits per heavy atom. The molecule has 1 amide bonds. The topological polar surface area (TPSA) is 158 Å². The summed E-state index contributed by atoms with van der Waals surface area (Å²) in [6.45, 7) is 4.75. The molecule has 1 saturated heterocycles. The van der Waals surface area contributed by atoms with Crippen LogP contribution in [0, 0.1) is 0 Å². The summed E-state index contributed by atoms with van der Waals surface area (Å²) in [7, 11) is -1.56. The van der Waals surface area contributed by atoms with Gasteiger partial charge >= 0.3 is 0 Å². The molecule has 1 atom stereocenters. The Bertz CT molecular complexity index is 1680. The summed E-state index contributed by atoms with van der Waals surface area (Å²) in [5.41, 5.74) is 0.861. The van der Waals surface area contributed by atoms with E-state index in [4.69, 9.17) is 14.3 Å². The second-order valence-electron chi connectivity index (χ2n) is 9.62. The van der Waals surface area contributed by atoms with Crippen molar-refractivity contribution < 1.29 is 27.5 Å². The lowest BCUT2D eigenvalue weighted by molar-refractivity contribution is -0.110. The van der Waals surface area contributed by atoms with Crippen molar-refractivity contribution in [1.82, 2.24) is 24.8 Å². The van der Waals surface area contributed by atoms with Crippen molar-refractivity contribution in [2.75, 3.05) is 45.3 Å². The van der Waals surface area contributed by atoms with Gasteiger partial charge in [0.05, 0.1) is 16.8 Å². The Balaban J connectivity index is 1.34. The molecule has 4 aromatic rings. The smallest absolute Gasteiger partial charge is 0.280 e. The minimum Gasteiger partial charge on any atom is -0.476 e. The molecule has 0 radical (unpaired) electrons. The standard InChI is InChI=1S/C28H31N7O6S2/c1-3-35(2)14-16-40-24-10-9-22-27(32-24)42-28(31-22)33-26(36)25(34-41-18-23-29-12-4-13-30-23)19-5-7-20(8-6-19)43(37,38)21-11-15-39-17-21/h4-10,12-13,21H,3,11,14-18H2,1-2H3,(H,31,33,36)/b34-25+/t21-/m0/s1. The molecule has 1 fully saturated rings. The fourth-order valence-corrected chi connectivity index (χ4v) is 6.50. The largest absolute Gasteiger partial charge is 0.476 e. The molecule has 1 N–H and O–H groups in total. The zero-order chi connectivity index (χ0) is 30.2. The van der Waals surface area contributed by atoms with Crippen LogP contribution in [0.2, 0.25) is 0 Å². The first-order chi connectivity index (χ1) is 20.8. The summed E-state index contributed by atoms with van der Waals surface area (Å²) in [6.07, 6.45) is 3.58. The maximum atomic E-state index is 13.5. The Morgan fingerprint density at radius 2 is 1.95 bits per heavy atom. The van der Waals surface area contributed by atoms with E-state index in [1.807, 2.05) is 7.05 Å². The lowest BCUT2D eigenvalue weighted by atomic mass is 10.1. The fraction of sp³-hybridized carbons (Fsp3) is 0.357. The van der Waals surface area contributed by atoms with Gasteiger partial charge in [-0.15, -0.1) is 0 Å². The summed E-state index contributed by atoms with van der Waals surface area (Å²) in [5.74, 6) is 0.242. The Labute approximate surface area is 252 Å². The Kier molecular flexibility index (Phi) is 9.86. The number of fused-ring (bicyclic) bond motifs is 1. The first-order valence-electron chi connectivity index (χ1n) is 13.6. The van der Waals surface area contributed by atoms with Gasteiger partial charge in [-0.3, -0.25) is 10.1 Å². The molecule has 5 rings (SSSR count). The number of aromatic nitrogens is 4. The lowest BCUT2D eigenvalue weighted by Gasteiger charge is -2.13. The third kappa shape index (κ3) is 7.67. The number of hydrogen-bond donors (Lipinski definition) is 1. The minimum atomic E-state index is -3.57. The number of amides is 1. The van der Waals surface area contributed by atoms with Crippen molar-refractivity contribution >= 4 is 48.3 Å². The molecular weight excluding hydrogens is 594 g/mol. The number of thiazole rings is 1. The predicted octanol–water partition coefficient (Wildman–Crippen LogP) is 2.93. The van der Waals surface area contributed by atoms with Crippen LogP contribution in [-0.4, -0.2) is 90.1 Å². The van der Waals surface area contributed by atoms with Gasteiger partial charge in [0.2, 0.25) is 5.88 Å². The number of sulfone groups is 1. The van der Waals surface area contributed by atoms with Gasteiger partial charge in [0.25, 0.3) is 5.91 Å². The number of ether oxygens (including phenoxy) is 2. The van der Waals surface area contributed by atoms with E-state index >= 15 is 0 Å². The average Bonchev–Trinajstić information content (AvgIpc) is 3.70. The fourth-order valence-electron chi connectivity index (χ4n) is 4.09. The molecule has 1 aromatic carbocycles. The van der Waals surface area contributed by atoms with E-state index in [0.717, 1.165) is 13.1 Å². The zero-order valence-corrected chi connectivity index (χ0v) is 25.3. The highest BCUT2D eigenvalue weighted by Crippen LogP contribution is 2.27. The molecule has 226 valence electrons. The third-order valence-corrected chi connectivity index (χ3v) is 9.74. The van der Waals surface area contributed by atoms with Gasteiger partial charge in [0.1, 0.15) is 17.0 Å².